The van der Waals surface area contributed by atoms with E-state index in [9.17, 15) is 9.59 Å². The van der Waals surface area contributed by atoms with Crippen molar-refractivity contribution in [2.24, 2.45) is 5.92 Å². The first-order chi connectivity index (χ1) is 11.4. The number of anilines is 1. The van der Waals surface area contributed by atoms with Crippen LogP contribution in [0.5, 0.6) is 0 Å². The second kappa shape index (κ2) is 7.93. The molecule has 2 aromatic rings. The van der Waals surface area contributed by atoms with Crippen LogP contribution < -0.4 is 10.6 Å². The molecular formula is C18H20ClN3O2. The van der Waals surface area contributed by atoms with Crippen LogP contribution in [0, 0.1) is 12.8 Å². The second-order valence-corrected chi connectivity index (χ2v) is 6.31. The van der Waals surface area contributed by atoms with Gasteiger partial charge in [0, 0.05) is 29.0 Å². The lowest BCUT2D eigenvalue weighted by molar-refractivity contribution is 0.0949. The van der Waals surface area contributed by atoms with E-state index in [0.717, 1.165) is 5.56 Å². The molecule has 6 heteroatoms. The van der Waals surface area contributed by atoms with E-state index in [0.29, 0.717) is 28.7 Å². The summed E-state index contributed by atoms with van der Waals surface area (Å²) in [5, 5.41) is 6.15. The zero-order valence-electron chi connectivity index (χ0n) is 13.9. The molecule has 0 saturated carbocycles. The van der Waals surface area contributed by atoms with E-state index in [1.165, 1.54) is 12.3 Å². The highest BCUT2D eigenvalue weighted by atomic mass is 35.5. The van der Waals surface area contributed by atoms with Crippen molar-refractivity contribution in [3.63, 3.8) is 0 Å². The van der Waals surface area contributed by atoms with Crippen molar-refractivity contribution in [3.05, 3.63) is 58.4 Å². The number of carbonyl (C=O) groups is 2. The lowest BCUT2D eigenvalue weighted by Crippen LogP contribution is -2.27. The molecular weight excluding hydrogens is 326 g/mol. The van der Waals surface area contributed by atoms with Crippen LogP contribution in [0.25, 0.3) is 0 Å². The summed E-state index contributed by atoms with van der Waals surface area (Å²) < 4.78 is 0. The molecule has 1 aromatic heterocycles. The van der Waals surface area contributed by atoms with Gasteiger partial charge in [-0.3, -0.25) is 14.6 Å². The van der Waals surface area contributed by atoms with E-state index in [1.54, 1.807) is 24.3 Å². The van der Waals surface area contributed by atoms with Crippen LogP contribution in [0.3, 0.4) is 0 Å². The number of rotatable bonds is 5. The third-order valence-electron chi connectivity index (χ3n) is 3.44. The summed E-state index contributed by atoms with van der Waals surface area (Å²) in [6.45, 7) is 6.42. The predicted octanol–water partition coefficient (Wildman–Crippen LogP) is 3.68. The van der Waals surface area contributed by atoms with Gasteiger partial charge in [-0.1, -0.05) is 31.5 Å². The Bertz CT molecular complexity index is 760. The molecule has 2 amide bonds. The van der Waals surface area contributed by atoms with Crippen molar-refractivity contribution in [2.75, 3.05) is 11.9 Å². The second-order valence-electron chi connectivity index (χ2n) is 5.90. The third-order valence-corrected chi connectivity index (χ3v) is 3.85. The monoisotopic (exact) mass is 345 g/mol. The van der Waals surface area contributed by atoms with Crippen molar-refractivity contribution in [1.82, 2.24) is 10.3 Å². The van der Waals surface area contributed by atoms with E-state index < -0.39 is 0 Å². The van der Waals surface area contributed by atoms with Crippen molar-refractivity contribution in [1.29, 1.82) is 0 Å². The van der Waals surface area contributed by atoms with Gasteiger partial charge in [-0.25, -0.2) is 0 Å². The van der Waals surface area contributed by atoms with Crippen LogP contribution in [0.4, 0.5) is 5.69 Å². The topological polar surface area (TPSA) is 71.1 Å². The fourth-order valence-corrected chi connectivity index (χ4v) is 2.20. The van der Waals surface area contributed by atoms with Gasteiger partial charge in [0.05, 0.1) is 0 Å². The molecule has 1 aromatic carbocycles. The van der Waals surface area contributed by atoms with Crippen molar-refractivity contribution in [3.8, 4) is 0 Å². The molecule has 0 saturated heterocycles. The summed E-state index contributed by atoms with van der Waals surface area (Å²) in [6, 6.07) is 8.33. The largest absolute Gasteiger partial charge is 0.352 e. The minimum Gasteiger partial charge on any atom is -0.352 e. The van der Waals surface area contributed by atoms with Crippen molar-refractivity contribution < 1.29 is 9.59 Å². The lowest BCUT2D eigenvalue weighted by Gasteiger charge is -2.10. The summed E-state index contributed by atoms with van der Waals surface area (Å²) in [5.74, 6) is -0.262. The molecule has 1 heterocycles. The molecule has 126 valence electrons. The summed E-state index contributed by atoms with van der Waals surface area (Å²) in [4.78, 5) is 28.5. The highest BCUT2D eigenvalue weighted by molar-refractivity contribution is 6.31. The summed E-state index contributed by atoms with van der Waals surface area (Å²) in [6.07, 6.45) is 1.45. The molecule has 0 fully saturated rings. The minimum atomic E-state index is -0.390. The Kier molecular flexibility index (Phi) is 5.93. The number of nitrogens with zero attached hydrogens (tertiary/aromatic N) is 1. The maximum absolute atomic E-state index is 12.4. The maximum Gasteiger partial charge on any atom is 0.274 e. The predicted molar refractivity (Wildman–Crippen MR) is 95.6 cm³/mol. The Hall–Kier alpha value is -2.40. The molecule has 0 spiro atoms. The summed E-state index contributed by atoms with van der Waals surface area (Å²) in [5.41, 5.74) is 1.97. The Morgan fingerprint density at radius 1 is 1.21 bits per heavy atom. The molecule has 0 aliphatic heterocycles. The number of pyridine rings is 1. The van der Waals surface area contributed by atoms with Crippen LogP contribution >= 0.6 is 11.6 Å². The van der Waals surface area contributed by atoms with E-state index >= 15 is 0 Å². The number of nitrogens with one attached hydrogen (secondary N) is 2. The fourth-order valence-electron chi connectivity index (χ4n) is 2.02. The van der Waals surface area contributed by atoms with Crippen molar-refractivity contribution in [2.45, 2.75) is 20.8 Å². The molecule has 0 aliphatic carbocycles. The van der Waals surface area contributed by atoms with Gasteiger partial charge in [-0.15, -0.1) is 0 Å². The number of aromatic nitrogens is 1. The van der Waals surface area contributed by atoms with Crippen molar-refractivity contribution >= 4 is 29.1 Å². The Labute approximate surface area is 146 Å². The van der Waals surface area contributed by atoms with Gasteiger partial charge in [-0.2, -0.15) is 0 Å². The number of benzene rings is 1. The van der Waals surface area contributed by atoms with Gasteiger partial charge in [0.1, 0.15) is 5.69 Å². The van der Waals surface area contributed by atoms with Gasteiger partial charge in [0.25, 0.3) is 11.8 Å². The first kappa shape index (κ1) is 17.9. The van der Waals surface area contributed by atoms with Crippen LogP contribution in [-0.2, 0) is 0 Å². The number of hydrogen-bond donors (Lipinski definition) is 2. The standard InChI is InChI=1S/C18H20ClN3O2/c1-11(2)10-21-17(23)13-7-8-20-16(9-13)18(24)22-15-6-4-5-14(19)12(15)3/h4-9,11H,10H2,1-3H3,(H,21,23)(H,22,24). The van der Waals surface area contributed by atoms with Gasteiger partial charge in [-0.05, 0) is 42.7 Å². The maximum atomic E-state index is 12.4. The molecule has 0 bridgehead atoms. The normalized spacial score (nSPS) is 10.5. The van der Waals surface area contributed by atoms with Gasteiger partial charge in [0.15, 0.2) is 0 Å². The van der Waals surface area contributed by atoms with Gasteiger partial charge in [0.2, 0.25) is 0 Å². The highest BCUT2D eigenvalue weighted by Gasteiger charge is 2.13. The fraction of sp³-hybridized carbons (Fsp3) is 0.278. The Balaban J connectivity index is 2.14. The Morgan fingerprint density at radius 3 is 2.67 bits per heavy atom. The van der Waals surface area contributed by atoms with E-state index in [1.807, 2.05) is 20.8 Å². The highest BCUT2D eigenvalue weighted by Crippen LogP contribution is 2.23. The molecule has 0 aliphatic rings. The molecule has 5 nitrogen and oxygen atoms in total. The van der Waals surface area contributed by atoms with Gasteiger partial charge < -0.3 is 10.6 Å². The van der Waals surface area contributed by atoms with E-state index in [4.69, 9.17) is 11.6 Å². The average molecular weight is 346 g/mol. The van der Waals surface area contributed by atoms with Crippen LogP contribution in [0.2, 0.25) is 5.02 Å². The van der Waals surface area contributed by atoms with Crippen LogP contribution in [0.1, 0.15) is 40.3 Å². The summed E-state index contributed by atoms with van der Waals surface area (Å²) in [7, 11) is 0. The Morgan fingerprint density at radius 2 is 1.96 bits per heavy atom. The molecule has 0 unspecified atom stereocenters. The third kappa shape index (κ3) is 4.55. The van der Waals surface area contributed by atoms with Crippen LogP contribution in [-0.4, -0.2) is 23.3 Å². The smallest absolute Gasteiger partial charge is 0.274 e. The summed E-state index contributed by atoms with van der Waals surface area (Å²) >= 11 is 6.05. The molecule has 24 heavy (non-hydrogen) atoms. The number of carbonyl (C=O) groups excluding carboxylic acids is 2. The SMILES string of the molecule is Cc1c(Cl)cccc1NC(=O)c1cc(C(=O)NCC(C)C)ccn1. The quantitative estimate of drug-likeness (QED) is 0.868. The van der Waals surface area contributed by atoms with Crippen LogP contribution in [0.15, 0.2) is 36.5 Å². The number of halogens is 1. The van der Waals surface area contributed by atoms with E-state index in [-0.39, 0.29) is 17.5 Å². The number of hydrogen-bond acceptors (Lipinski definition) is 3. The molecule has 2 rings (SSSR count). The first-order valence-electron chi connectivity index (χ1n) is 7.69. The average Bonchev–Trinajstić information content (AvgIpc) is 2.56. The van der Waals surface area contributed by atoms with E-state index in [2.05, 4.69) is 15.6 Å². The molecule has 2 N–H and O–H groups in total. The lowest BCUT2D eigenvalue weighted by atomic mass is 10.1. The first-order valence-corrected chi connectivity index (χ1v) is 8.07. The minimum absolute atomic E-state index is 0.173. The zero-order chi connectivity index (χ0) is 17.7. The van der Waals surface area contributed by atoms with Gasteiger partial charge >= 0.3 is 0 Å². The number of amides is 2. The molecule has 0 radical (unpaired) electrons. The molecule has 0 atom stereocenters. The zero-order valence-corrected chi connectivity index (χ0v) is 14.6.